The van der Waals surface area contributed by atoms with Gasteiger partial charge in [-0.1, -0.05) is 0 Å². The van der Waals surface area contributed by atoms with Gasteiger partial charge in [-0.15, -0.1) is 0 Å². The summed E-state index contributed by atoms with van der Waals surface area (Å²) in [6.07, 6.45) is 1.63. The van der Waals surface area contributed by atoms with Crippen LogP contribution in [0.2, 0.25) is 0 Å². The number of nitrogen functional groups attached to an aromatic ring is 2. The van der Waals surface area contributed by atoms with Crippen LogP contribution in [0.4, 0.5) is 11.8 Å². The predicted molar refractivity (Wildman–Crippen MR) is 79.7 cm³/mol. The fraction of sp³-hybridized carbons (Fsp3) is 0.214. The molecule has 0 atom stereocenters. The van der Waals surface area contributed by atoms with Gasteiger partial charge in [-0.2, -0.15) is 4.98 Å². The number of nitrogens with zero attached hydrogens (tertiary/aromatic N) is 4. The molecule has 0 aliphatic rings. The Balaban J connectivity index is 2.35. The normalized spacial score (nSPS) is 11.2. The second kappa shape index (κ2) is 4.19. The molecule has 6 heteroatoms. The highest BCUT2D eigenvalue weighted by molar-refractivity contribution is 5.81. The molecule has 4 N–H and O–H groups in total. The number of aryl methyl sites for hydroxylation is 3. The quantitative estimate of drug-likeness (QED) is 0.702. The predicted octanol–water partition coefficient (Wildman–Crippen LogP) is 1.91. The highest BCUT2D eigenvalue weighted by Gasteiger charge is 2.14. The van der Waals surface area contributed by atoms with Gasteiger partial charge in [0.05, 0.1) is 17.2 Å². The molecule has 2 aromatic heterocycles. The average Bonchev–Trinajstić information content (AvgIpc) is 2.66. The average molecular weight is 268 g/mol. The molecule has 0 aliphatic heterocycles. The maximum Gasteiger partial charge on any atom is 0.222 e. The van der Waals surface area contributed by atoms with Crippen molar-refractivity contribution >= 4 is 22.8 Å². The highest BCUT2D eigenvalue weighted by atomic mass is 15.1. The molecule has 102 valence electrons. The fourth-order valence-corrected chi connectivity index (χ4v) is 2.33. The number of anilines is 2. The van der Waals surface area contributed by atoms with Crippen LogP contribution in [0.1, 0.15) is 17.0 Å². The van der Waals surface area contributed by atoms with Gasteiger partial charge in [-0.05, 0) is 44.0 Å². The van der Waals surface area contributed by atoms with Crippen molar-refractivity contribution in [1.29, 1.82) is 0 Å². The molecule has 0 bridgehead atoms. The number of rotatable bonds is 1. The van der Waals surface area contributed by atoms with Crippen molar-refractivity contribution in [1.82, 2.24) is 19.5 Å². The number of hydrogen-bond acceptors (Lipinski definition) is 5. The van der Waals surface area contributed by atoms with Crippen LogP contribution in [0.5, 0.6) is 0 Å². The van der Waals surface area contributed by atoms with Gasteiger partial charge in [-0.3, -0.25) is 4.57 Å². The number of benzene rings is 1. The van der Waals surface area contributed by atoms with E-state index in [0.29, 0.717) is 11.5 Å². The lowest BCUT2D eigenvalue weighted by atomic mass is 10.1. The van der Waals surface area contributed by atoms with Crippen molar-refractivity contribution < 1.29 is 0 Å². The first-order chi connectivity index (χ1) is 9.47. The fourth-order valence-electron chi connectivity index (χ4n) is 2.33. The Kier molecular flexibility index (Phi) is 2.60. The largest absolute Gasteiger partial charge is 0.382 e. The van der Waals surface area contributed by atoms with Gasteiger partial charge in [0.1, 0.15) is 11.5 Å². The van der Waals surface area contributed by atoms with Crippen LogP contribution in [-0.2, 0) is 0 Å². The van der Waals surface area contributed by atoms with Crippen LogP contribution in [0.25, 0.3) is 16.7 Å². The van der Waals surface area contributed by atoms with E-state index >= 15 is 0 Å². The third-order valence-corrected chi connectivity index (χ3v) is 3.50. The van der Waals surface area contributed by atoms with E-state index < -0.39 is 0 Å². The van der Waals surface area contributed by atoms with Gasteiger partial charge in [0.15, 0.2) is 5.82 Å². The zero-order chi connectivity index (χ0) is 14.4. The van der Waals surface area contributed by atoms with Crippen LogP contribution in [0.15, 0.2) is 18.3 Å². The topological polar surface area (TPSA) is 95.6 Å². The molecule has 0 saturated carbocycles. The Hall–Kier alpha value is -2.63. The lowest BCUT2D eigenvalue weighted by Crippen LogP contribution is -2.07. The lowest BCUT2D eigenvalue weighted by molar-refractivity contribution is 0.979. The SMILES string of the molecule is Cc1cc2nc(C)n(-c3cnc(N)nc3N)c2cc1C. The smallest absolute Gasteiger partial charge is 0.222 e. The van der Waals surface area contributed by atoms with Crippen LogP contribution in [0.3, 0.4) is 0 Å². The molecule has 0 spiro atoms. The molecule has 6 nitrogen and oxygen atoms in total. The molecule has 0 unspecified atom stereocenters. The molecule has 0 aliphatic carbocycles. The summed E-state index contributed by atoms with van der Waals surface area (Å²) in [5.74, 6) is 1.35. The zero-order valence-electron chi connectivity index (χ0n) is 11.7. The number of aromatic nitrogens is 4. The minimum Gasteiger partial charge on any atom is -0.382 e. The van der Waals surface area contributed by atoms with Crippen LogP contribution in [-0.4, -0.2) is 19.5 Å². The molecule has 1 aromatic carbocycles. The Morgan fingerprint density at radius 1 is 1.00 bits per heavy atom. The van der Waals surface area contributed by atoms with Gasteiger partial charge >= 0.3 is 0 Å². The first-order valence-corrected chi connectivity index (χ1v) is 6.32. The molecule has 20 heavy (non-hydrogen) atoms. The van der Waals surface area contributed by atoms with Gasteiger partial charge < -0.3 is 11.5 Å². The van der Waals surface area contributed by atoms with Crippen molar-refractivity contribution in [2.75, 3.05) is 11.5 Å². The second-order valence-electron chi connectivity index (χ2n) is 4.92. The Labute approximate surface area is 116 Å². The van der Waals surface area contributed by atoms with E-state index in [9.17, 15) is 0 Å². The maximum absolute atomic E-state index is 5.96. The van der Waals surface area contributed by atoms with Crippen molar-refractivity contribution in [2.45, 2.75) is 20.8 Å². The number of nitrogens with two attached hydrogens (primary N) is 2. The minimum atomic E-state index is 0.167. The summed E-state index contributed by atoms with van der Waals surface area (Å²) in [6.45, 7) is 6.08. The number of fused-ring (bicyclic) bond motifs is 1. The third-order valence-electron chi connectivity index (χ3n) is 3.50. The highest BCUT2D eigenvalue weighted by Crippen LogP contribution is 2.26. The summed E-state index contributed by atoms with van der Waals surface area (Å²) in [5.41, 5.74) is 16.5. The standard InChI is InChI=1S/C14H16N6/c1-7-4-10-11(5-8(7)2)20(9(3)18-10)12-6-17-14(16)19-13(12)15/h4-6H,1-3H3,(H4,15,16,17,19). The second-order valence-corrected chi connectivity index (χ2v) is 4.92. The van der Waals surface area contributed by atoms with Gasteiger partial charge in [-0.25, -0.2) is 9.97 Å². The van der Waals surface area contributed by atoms with Crippen molar-refractivity contribution in [3.8, 4) is 5.69 Å². The molecular formula is C14H16N6. The molecule has 0 radical (unpaired) electrons. The molecular weight excluding hydrogens is 252 g/mol. The summed E-state index contributed by atoms with van der Waals surface area (Å²) in [6, 6.07) is 4.17. The van der Waals surface area contributed by atoms with Crippen LogP contribution < -0.4 is 11.5 Å². The van der Waals surface area contributed by atoms with Crippen molar-refractivity contribution in [3.05, 3.63) is 35.3 Å². The van der Waals surface area contributed by atoms with Crippen LogP contribution in [0, 0.1) is 20.8 Å². The van der Waals surface area contributed by atoms with E-state index in [1.165, 1.54) is 11.1 Å². The van der Waals surface area contributed by atoms with E-state index in [-0.39, 0.29) is 5.95 Å². The summed E-state index contributed by atoms with van der Waals surface area (Å²) < 4.78 is 1.95. The minimum absolute atomic E-state index is 0.167. The monoisotopic (exact) mass is 268 g/mol. The summed E-state index contributed by atoms with van der Waals surface area (Å²) in [7, 11) is 0. The summed E-state index contributed by atoms with van der Waals surface area (Å²) in [5, 5.41) is 0. The van der Waals surface area contributed by atoms with Gasteiger partial charge in [0.2, 0.25) is 5.95 Å². The van der Waals surface area contributed by atoms with Crippen LogP contribution >= 0.6 is 0 Å². The molecule has 0 saturated heterocycles. The Morgan fingerprint density at radius 3 is 2.40 bits per heavy atom. The number of hydrogen-bond donors (Lipinski definition) is 2. The van der Waals surface area contributed by atoms with E-state index in [2.05, 4.69) is 40.9 Å². The van der Waals surface area contributed by atoms with Gasteiger partial charge in [0, 0.05) is 0 Å². The molecule has 2 heterocycles. The number of imidazole rings is 1. The molecule has 3 aromatic rings. The third kappa shape index (κ3) is 1.77. The van der Waals surface area contributed by atoms with Gasteiger partial charge in [0.25, 0.3) is 0 Å². The molecule has 3 rings (SSSR count). The van der Waals surface area contributed by atoms with E-state index in [4.69, 9.17) is 11.5 Å². The first-order valence-electron chi connectivity index (χ1n) is 6.32. The Morgan fingerprint density at radius 2 is 1.70 bits per heavy atom. The van der Waals surface area contributed by atoms with Crippen molar-refractivity contribution in [2.24, 2.45) is 0 Å². The van der Waals surface area contributed by atoms with Crippen molar-refractivity contribution in [3.63, 3.8) is 0 Å². The lowest BCUT2D eigenvalue weighted by Gasteiger charge is -2.09. The summed E-state index contributed by atoms with van der Waals surface area (Å²) in [4.78, 5) is 12.6. The Bertz CT molecular complexity index is 818. The van der Waals surface area contributed by atoms with E-state index in [0.717, 1.165) is 16.9 Å². The maximum atomic E-state index is 5.96. The molecule has 0 fully saturated rings. The zero-order valence-corrected chi connectivity index (χ0v) is 11.7. The van der Waals surface area contributed by atoms with E-state index in [1.807, 2.05) is 11.5 Å². The first kappa shape index (κ1) is 12.4. The van der Waals surface area contributed by atoms with E-state index in [1.54, 1.807) is 6.20 Å². The molecule has 0 amide bonds. The summed E-state index contributed by atoms with van der Waals surface area (Å²) >= 11 is 0.